The number of carbonyl (C=O) groups excluding carboxylic acids is 1. The van der Waals surface area contributed by atoms with Gasteiger partial charge in [-0.1, -0.05) is 12.1 Å². The average Bonchev–Trinajstić information content (AvgIpc) is 3.40. The molecule has 3 aromatic rings. The number of nitrogens with one attached hydrogen (secondary N) is 2. The van der Waals surface area contributed by atoms with Crippen LogP contribution in [0.4, 0.5) is 5.69 Å². The van der Waals surface area contributed by atoms with Gasteiger partial charge in [0.25, 0.3) is 0 Å². The molecule has 10 heteroatoms. The molecule has 0 aromatic carbocycles. The Labute approximate surface area is 172 Å². The first-order valence-corrected chi connectivity index (χ1v) is 11.2. The molecule has 3 heterocycles. The predicted molar refractivity (Wildman–Crippen MR) is 111 cm³/mol. The van der Waals surface area contributed by atoms with Gasteiger partial charge in [0.1, 0.15) is 27.1 Å². The molecular formula is C19H21N3O5S2. The first-order valence-electron chi connectivity index (χ1n) is 8.87. The van der Waals surface area contributed by atoms with Crippen LogP contribution in [0.3, 0.4) is 0 Å². The minimum Gasteiger partial charge on any atom is -0.465 e. The van der Waals surface area contributed by atoms with Crippen molar-refractivity contribution < 1.29 is 22.2 Å². The van der Waals surface area contributed by atoms with Crippen LogP contribution in [0, 0.1) is 13.8 Å². The van der Waals surface area contributed by atoms with Crippen molar-refractivity contribution in [3.63, 3.8) is 0 Å². The Hall–Kier alpha value is -2.69. The largest absolute Gasteiger partial charge is 0.465 e. The molecule has 8 nitrogen and oxygen atoms in total. The zero-order valence-electron chi connectivity index (χ0n) is 16.2. The highest BCUT2D eigenvalue weighted by Gasteiger charge is 2.17. The van der Waals surface area contributed by atoms with E-state index in [1.165, 1.54) is 6.07 Å². The zero-order chi connectivity index (χ0) is 21.0. The Bertz CT molecular complexity index is 1140. The van der Waals surface area contributed by atoms with E-state index in [1.54, 1.807) is 51.1 Å². The summed E-state index contributed by atoms with van der Waals surface area (Å²) >= 11 is 1.11. The molecular weight excluding hydrogens is 414 g/mol. The first kappa shape index (κ1) is 21.0. The van der Waals surface area contributed by atoms with Crippen LogP contribution in [0.2, 0.25) is 0 Å². The Morgan fingerprint density at radius 1 is 1.21 bits per heavy atom. The van der Waals surface area contributed by atoms with Crippen molar-refractivity contribution in [2.75, 3.05) is 5.32 Å². The zero-order valence-corrected chi connectivity index (χ0v) is 17.8. The summed E-state index contributed by atoms with van der Waals surface area (Å²) in [6.07, 6.45) is 3.69. The van der Waals surface area contributed by atoms with Gasteiger partial charge in [0.05, 0.1) is 6.54 Å². The van der Waals surface area contributed by atoms with Crippen molar-refractivity contribution in [3.05, 3.63) is 52.1 Å². The lowest BCUT2D eigenvalue weighted by molar-refractivity contribution is -0.115. The fourth-order valence-corrected chi connectivity index (χ4v) is 4.69. The summed E-state index contributed by atoms with van der Waals surface area (Å²) in [5.74, 6) is 1.52. The summed E-state index contributed by atoms with van der Waals surface area (Å²) < 4.78 is 38.3. The third kappa shape index (κ3) is 5.22. The monoisotopic (exact) mass is 435 g/mol. The van der Waals surface area contributed by atoms with Crippen molar-refractivity contribution in [2.24, 2.45) is 0 Å². The number of hydrogen-bond donors (Lipinski definition) is 2. The minimum atomic E-state index is -3.65. The van der Waals surface area contributed by atoms with Gasteiger partial charge in [-0.05, 0) is 50.3 Å². The number of amides is 1. The van der Waals surface area contributed by atoms with Crippen LogP contribution in [0.5, 0.6) is 0 Å². The molecule has 0 aliphatic carbocycles. The van der Waals surface area contributed by atoms with E-state index in [4.69, 9.17) is 8.94 Å². The third-order valence-electron chi connectivity index (χ3n) is 3.97. The van der Waals surface area contributed by atoms with Crippen LogP contribution in [0.15, 0.2) is 37.4 Å². The maximum atomic E-state index is 12.5. The van der Waals surface area contributed by atoms with Crippen LogP contribution in [-0.2, 0) is 21.4 Å². The van der Waals surface area contributed by atoms with Crippen molar-refractivity contribution in [2.45, 2.75) is 37.9 Å². The van der Waals surface area contributed by atoms with Gasteiger partial charge >= 0.3 is 0 Å². The maximum absolute atomic E-state index is 12.5. The topological polar surface area (TPSA) is 114 Å². The maximum Gasteiger partial charge on any atom is 0.250 e. The highest BCUT2D eigenvalue weighted by Crippen LogP contribution is 2.26. The van der Waals surface area contributed by atoms with Crippen LogP contribution >= 0.6 is 11.3 Å². The number of aromatic nitrogens is 1. The van der Waals surface area contributed by atoms with Gasteiger partial charge in [0.15, 0.2) is 5.76 Å². The second kappa shape index (κ2) is 8.76. The fraction of sp³-hybridized carbons (Fsp3) is 0.263. The molecule has 0 spiro atoms. The number of thiophene rings is 1. The number of sulfonamides is 1. The van der Waals surface area contributed by atoms with E-state index in [9.17, 15) is 13.2 Å². The number of nitrogens with zero attached hydrogens (tertiary/aromatic N) is 1. The fourth-order valence-electron chi connectivity index (χ4n) is 2.42. The summed E-state index contributed by atoms with van der Waals surface area (Å²) in [5, 5.41) is 6.61. The SMILES string of the molecule is CCC(=O)Nc1c(C)noc1C=Cc1ccc(S(=O)(=O)NCc2ccc(C)o2)s1. The lowest BCUT2D eigenvalue weighted by Crippen LogP contribution is -2.22. The number of rotatable bonds is 8. The second-order valence-electron chi connectivity index (χ2n) is 6.24. The average molecular weight is 436 g/mol. The molecule has 0 unspecified atom stereocenters. The second-order valence-corrected chi connectivity index (χ2v) is 9.35. The van der Waals surface area contributed by atoms with Crippen LogP contribution < -0.4 is 10.0 Å². The highest BCUT2D eigenvalue weighted by molar-refractivity contribution is 7.91. The summed E-state index contributed by atoms with van der Waals surface area (Å²) in [6, 6.07) is 6.74. The Kier molecular flexibility index (Phi) is 6.36. The number of furan rings is 1. The Morgan fingerprint density at radius 3 is 2.69 bits per heavy atom. The molecule has 0 fully saturated rings. The molecule has 0 aliphatic heterocycles. The molecule has 154 valence electrons. The number of hydrogen-bond acceptors (Lipinski definition) is 7. The molecule has 0 saturated carbocycles. The third-order valence-corrected chi connectivity index (χ3v) is 6.92. The number of anilines is 1. The van der Waals surface area contributed by atoms with E-state index in [0.717, 1.165) is 17.1 Å². The van der Waals surface area contributed by atoms with E-state index < -0.39 is 10.0 Å². The molecule has 29 heavy (non-hydrogen) atoms. The van der Waals surface area contributed by atoms with Gasteiger partial charge < -0.3 is 14.3 Å². The summed E-state index contributed by atoms with van der Waals surface area (Å²) in [7, 11) is -3.65. The molecule has 3 rings (SSSR count). The van der Waals surface area contributed by atoms with E-state index in [1.807, 2.05) is 0 Å². The molecule has 0 atom stereocenters. The molecule has 3 aromatic heterocycles. The highest BCUT2D eigenvalue weighted by atomic mass is 32.2. The van der Waals surface area contributed by atoms with Crippen molar-refractivity contribution in [1.29, 1.82) is 0 Å². The summed E-state index contributed by atoms with van der Waals surface area (Å²) in [4.78, 5) is 12.4. The molecule has 2 N–H and O–H groups in total. The lowest BCUT2D eigenvalue weighted by Gasteiger charge is -2.02. The summed E-state index contributed by atoms with van der Waals surface area (Å²) in [5.41, 5.74) is 1.08. The minimum absolute atomic E-state index is 0.0804. The smallest absolute Gasteiger partial charge is 0.250 e. The van der Waals surface area contributed by atoms with Crippen molar-refractivity contribution in [3.8, 4) is 0 Å². The molecule has 1 amide bonds. The van der Waals surface area contributed by atoms with Gasteiger partial charge in [0, 0.05) is 11.3 Å². The van der Waals surface area contributed by atoms with E-state index in [2.05, 4.69) is 15.2 Å². The number of carbonyl (C=O) groups is 1. The van der Waals surface area contributed by atoms with Gasteiger partial charge in [0.2, 0.25) is 15.9 Å². The number of aryl methyl sites for hydroxylation is 2. The Balaban J connectivity index is 1.71. The van der Waals surface area contributed by atoms with E-state index in [0.29, 0.717) is 34.2 Å². The summed E-state index contributed by atoms with van der Waals surface area (Å²) in [6.45, 7) is 5.36. The van der Waals surface area contributed by atoms with Crippen LogP contribution in [0.25, 0.3) is 12.2 Å². The predicted octanol–water partition coefficient (Wildman–Crippen LogP) is 3.94. The van der Waals surface area contributed by atoms with Gasteiger partial charge in [-0.15, -0.1) is 11.3 Å². The van der Waals surface area contributed by atoms with Crippen LogP contribution in [0.1, 0.15) is 41.2 Å². The van der Waals surface area contributed by atoms with Gasteiger partial charge in [-0.2, -0.15) is 0 Å². The molecule has 0 bridgehead atoms. The standard InChI is InChI=1S/C19H21N3O5S2/c1-4-17(23)21-19-13(3)22-27-16(19)9-7-15-8-10-18(28-15)29(24,25)20-11-14-6-5-12(2)26-14/h5-10,20H,4,11H2,1-3H3,(H,21,23). The normalized spacial score (nSPS) is 12.0. The van der Waals surface area contributed by atoms with E-state index in [-0.39, 0.29) is 16.7 Å². The van der Waals surface area contributed by atoms with E-state index >= 15 is 0 Å². The van der Waals surface area contributed by atoms with Crippen LogP contribution in [-0.4, -0.2) is 19.5 Å². The lowest BCUT2D eigenvalue weighted by atomic mass is 10.2. The molecule has 0 radical (unpaired) electrons. The quantitative estimate of drug-likeness (QED) is 0.554. The van der Waals surface area contributed by atoms with Gasteiger partial charge in [-0.3, -0.25) is 4.79 Å². The van der Waals surface area contributed by atoms with Gasteiger partial charge in [-0.25, -0.2) is 13.1 Å². The first-order chi connectivity index (χ1) is 13.8. The Morgan fingerprint density at radius 2 is 2.00 bits per heavy atom. The van der Waals surface area contributed by atoms with Crippen molar-refractivity contribution in [1.82, 2.24) is 9.88 Å². The molecule has 0 aliphatic rings. The molecule has 0 saturated heterocycles. The van der Waals surface area contributed by atoms with Crippen molar-refractivity contribution >= 4 is 45.1 Å².